The van der Waals surface area contributed by atoms with E-state index in [0.29, 0.717) is 5.69 Å². The normalized spacial score (nSPS) is 12.8. The maximum atomic E-state index is 9.42. The van der Waals surface area contributed by atoms with Crippen LogP contribution in [0.3, 0.4) is 0 Å². The number of aliphatic hydroxyl groups is 1. The number of hydrogen-bond acceptors (Lipinski definition) is 4. The summed E-state index contributed by atoms with van der Waals surface area (Å²) in [5, 5.41) is 17.6. The van der Waals surface area contributed by atoms with Gasteiger partial charge in [0.25, 0.3) is 0 Å². The van der Waals surface area contributed by atoms with E-state index in [-0.39, 0.29) is 0 Å². The first kappa shape index (κ1) is 10.9. The average molecular weight is 240 g/mol. The smallest absolute Gasteiger partial charge is 0.113 e. The summed E-state index contributed by atoms with van der Waals surface area (Å²) in [5.74, 6) is 0. The Balaban J connectivity index is 2.09. The molecule has 0 fully saturated rings. The Labute approximate surface area is 104 Å². The highest BCUT2D eigenvalue weighted by atomic mass is 16.3. The van der Waals surface area contributed by atoms with Crippen LogP contribution in [0.2, 0.25) is 0 Å². The number of hydrogen-bond donors (Lipinski definition) is 1. The molecule has 0 spiro atoms. The lowest BCUT2D eigenvalue weighted by atomic mass is 10.2. The summed E-state index contributed by atoms with van der Waals surface area (Å²) >= 11 is 0. The SMILES string of the molecule is CC(O)c1ccc(-n2nnc3ccccc32)cn1. The van der Waals surface area contributed by atoms with Crippen LogP contribution in [0, 0.1) is 0 Å². The third-order valence-corrected chi connectivity index (χ3v) is 2.80. The van der Waals surface area contributed by atoms with E-state index in [1.807, 2.05) is 30.3 Å². The lowest BCUT2D eigenvalue weighted by Crippen LogP contribution is -2.00. The van der Waals surface area contributed by atoms with Gasteiger partial charge in [-0.2, -0.15) is 0 Å². The minimum Gasteiger partial charge on any atom is -0.387 e. The average Bonchev–Trinajstić information content (AvgIpc) is 2.82. The molecular formula is C13H12N4O. The largest absolute Gasteiger partial charge is 0.387 e. The van der Waals surface area contributed by atoms with Gasteiger partial charge in [0.05, 0.1) is 29.2 Å². The number of para-hydroxylation sites is 1. The monoisotopic (exact) mass is 240 g/mol. The number of rotatable bonds is 2. The zero-order valence-electron chi connectivity index (χ0n) is 9.85. The number of aliphatic hydroxyl groups excluding tert-OH is 1. The maximum Gasteiger partial charge on any atom is 0.113 e. The van der Waals surface area contributed by atoms with Crippen molar-refractivity contribution < 1.29 is 5.11 Å². The summed E-state index contributed by atoms with van der Waals surface area (Å²) in [6, 6.07) is 11.4. The zero-order valence-corrected chi connectivity index (χ0v) is 9.85. The van der Waals surface area contributed by atoms with Crippen molar-refractivity contribution in [1.82, 2.24) is 20.0 Å². The lowest BCUT2D eigenvalue weighted by molar-refractivity contribution is 0.194. The van der Waals surface area contributed by atoms with Crippen LogP contribution in [0.5, 0.6) is 0 Å². The Bertz CT molecular complexity index is 673. The fourth-order valence-electron chi connectivity index (χ4n) is 1.83. The van der Waals surface area contributed by atoms with E-state index >= 15 is 0 Å². The van der Waals surface area contributed by atoms with Crippen LogP contribution in [0.1, 0.15) is 18.7 Å². The van der Waals surface area contributed by atoms with Gasteiger partial charge in [-0.15, -0.1) is 5.10 Å². The molecule has 0 saturated heterocycles. The fraction of sp³-hybridized carbons (Fsp3) is 0.154. The molecule has 3 rings (SSSR count). The predicted octanol–water partition coefficient (Wildman–Crippen LogP) is 1.87. The van der Waals surface area contributed by atoms with Crippen molar-refractivity contribution in [1.29, 1.82) is 0 Å². The second-order valence-electron chi connectivity index (χ2n) is 4.11. The van der Waals surface area contributed by atoms with Gasteiger partial charge in [0, 0.05) is 0 Å². The van der Waals surface area contributed by atoms with Gasteiger partial charge < -0.3 is 5.11 Å². The molecule has 1 atom stereocenters. The lowest BCUT2D eigenvalue weighted by Gasteiger charge is -2.05. The molecule has 1 unspecified atom stereocenters. The molecule has 90 valence electrons. The van der Waals surface area contributed by atoms with Crippen molar-refractivity contribution in [2.24, 2.45) is 0 Å². The first-order valence-corrected chi connectivity index (χ1v) is 5.70. The van der Waals surface area contributed by atoms with Crippen molar-refractivity contribution in [3.05, 3.63) is 48.3 Å². The first-order valence-electron chi connectivity index (χ1n) is 5.70. The Hall–Kier alpha value is -2.27. The Morgan fingerprint density at radius 3 is 2.72 bits per heavy atom. The molecule has 0 amide bonds. The summed E-state index contributed by atoms with van der Waals surface area (Å²) in [4.78, 5) is 4.20. The van der Waals surface area contributed by atoms with Crippen molar-refractivity contribution in [2.75, 3.05) is 0 Å². The molecule has 1 aromatic carbocycles. The molecule has 0 aliphatic heterocycles. The predicted molar refractivity (Wildman–Crippen MR) is 67.3 cm³/mol. The van der Waals surface area contributed by atoms with E-state index in [1.54, 1.807) is 23.9 Å². The van der Waals surface area contributed by atoms with Gasteiger partial charge in [0.2, 0.25) is 0 Å². The van der Waals surface area contributed by atoms with Crippen LogP contribution in [0.15, 0.2) is 42.6 Å². The molecule has 0 bridgehead atoms. The van der Waals surface area contributed by atoms with Crippen LogP contribution < -0.4 is 0 Å². The highest BCUT2D eigenvalue weighted by Gasteiger charge is 2.07. The van der Waals surface area contributed by atoms with Gasteiger partial charge >= 0.3 is 0 Å². The van der Waals surface area contributed by atoms with Crippen molar-refractivity contribution >= 4 is 11.0 Å². The Morgan fingerprint density at radius 1 is 1.17 bits per heavy atom. The second kappa shape index (κ2) is 4.19. The van der Waals surface area contributed by atoms with Gasteiger partial charge in [-0.25, -0.2) is 4.68 Å². The van der Waals surface area contributed by atoms with Crippen LogP contribution in [0.4, 0.5) is 0 Å². The topological polar surface area (TPSA) is 63.8 Å². The number of fused-ring (bicyclic) bond motifs is 1. The van der Waals surface area contributed by atoms with E-state index in [2.05, 4.69) is 15.3 Å². The molecule has 1 N–H and O–H groups in total. The van der Waals surface area contributed by atoms with Gasteiger partial charge in [0.15, 0.2) is 0 Å². The Kier molecular flexibility index (Phi) is 2.53. The molecule has 2 heterocycles. The van der Waals surface area contributed by atoms with Crippen LogP contribution in [-0.2, 0) is 0 Å². The molecule has 0 aliphatic carbocycles. The van der Waals surface area contributed by atoms with Gasteiger partial charge in [-0.1, -0.05) is 17.3 Å². The molecule has 3 aromatic rings. The molecule has 0 radical (unpaired) electrons. The second-order valence-corrected chi connectivity index (χ2v) is 4.11. The standard InChI is InChI=1S/C13H12N4O/c1-9(18)11-7-6-10(8-14-11)17-13-5-3-2-4-12(13)15-16-17/h2-9,18H,1H3. The molecule has 5 nitrogen and oxygen atoms in total. The third-order valence-electron chi connectivity index (χ3n) is 2.80. The van der Waals surface area contributed by atoms with E-state index in [0.717, 1.165) is 16.7 Å². The molecule has 18 heavy (non-hydrogen) atoms. The van der Waals surface area contributed by atoms with E-state index in [4.69, 9.17) is 0 Å². The highest BCUT2D eigenvalue weighted by Crippen LogP contribution is 2.16. The van der Waals surface area contributed by atoms with Gasteiger partial charge in [0.1, 0.15) is 5.52 Å². The van der Waals surface area contributed by atoms with E-state index in [9.17, 15) is 5.11 Å². The molecule has 2 aromatic heterocycles. The van der Waals surface area contributed by atoms with Crippen LogP contribution in [-0.4, -0.2) is 25.1 Å². The molecular weight excluding hydrogens is 228 g/mol. The fourth-order valence-corrected chi connectivity index (χ4v) is 1.83. The van der Waals surface area contributed by atoms with Crippen molar-refractivity contribution in [3.8, 4) is 5.69 Å². The van der Waals surface area contributed by atoms with E-state index in [1.165, 1.54) is 0 Å². The Morgan fingerprint density at radius 2 is 2.00 bits per heavy atom. The van der Waals surface area contributed by atoms with E-state index < -0.39 is 6.10 Å². The van der Waals surface area contributed by atoms with Gasteiger partial charge in [-0.05, 0) is 31.2 Å². The van der Waals surface area contributed by atoms with Crippen LogP contribution in [0.25, 0.3) is 16.7 Å². The number of benzene rings is 1. The minimum atomic E-state index is -0.563. The number of aromatic nitrogens is 4. The summed E-state index contributed by atoms with van der Waals surface area (Å²) < 4.78 is 1.73. The summed E-state index contributed by atoms with van der Waals surface area (Å²) in [6.07, 6.45) is 1.12. The quantitative estimate of drug-likeness (QED) is 0.742. The molecule has 0 aliphatic rings. The number of nitrogens with zero attached hydrogens (tertiary/aromatic N) is 4. The highest BCUT2D eigenvalue weighted by molar-refractivity contribution is 5.75. The maximum absolute atomic E-state index is 9.42. The summed E-state index contributed by atoms with van der Waals surface area (Å²) in [5.41, 5.74) is 3.25. The van der Waals surface area contributed by atoms with Crippen molar-refractivity contribution in [2.45, 2.75) is 13.0 Å². The molecule has 5 heteroatoms. The zero-order chi connectivity index (χ0) is 12.5. The van der Waals surface area contributed by atoms with Crippen molar-refractivity contribution in [3.63, 3.8) is 0 Å². The number of pyridine rings is 1. The first-order chi connectivity index (χ1) is 8.75. The minimum absolute atomic E-state index is 0.563. The summed E-state index contributed by atoms with van der Waals surface area (Å²) in [7, 11) is 0. The third kappa shape index (κ3) is 1.74. The van der Waals surface area contributed by atoms with Gasteiger partial charge in [-0.3, -0.25) is 4.98 Å². The summed E-state index contributed by atoms with van der Waals surface area (Å²) in [6.45, 7) is 1.69. The molecule has 0 saturated carbocycles. The van der Waals surface area contributed by atoms with Crippen LogP contribution >= 0.6 is 0 Å².